The fourth-order valence-electron chi connectivity index (χ4n) is 1.12. The van der Waals surface area contributed by atoms with Gasteiger partial charge in [0.05, 0.1) is 0 Å². The molecule has 0 spiro atoms. The largest absolute Gasteiger partial charge is 0.435 e. The topological polar surface area (TPSA) is 9.23 Å². The van der Waals surface area contributed by atoms with Crippen LogP contribution in [0.1, 0.15) is 11.1 Å². The fraction of sp³-hybridized carbons (Fsp3) is 0.273. The molecular weight excluding hydrogens is 222 g/mol. The van der Waals surface area contributed by atoms with Crippen LogP contribution in [0.3, 0.4) is 0 Å². The van der Waals surface area contributed by atoms with Gasteiger partial charge < -0.3 is 4.74 Å². The second-order valence-electron chi connectivity index (χ2n) is 3.10. The van der Waals surface area contributed by atoms with Crippen LogP contribution in [0, 0.1) is 6.92 Å². The predicted octanol–water partition coefficient (Wildman–Crippen LogP) is 3.85. The smallest absolute Gasteiger partial charge is 0.387 e. The number of hydrogen-bond acceptors (Lipinski definition) is 1. The number of hydrogen-bond donors (Lipinski definition) is 0. The molecule has 15 heavy (non-hydrogen) atoms. The average molecular weight is 233 g/mol. The first kappa shape index (κ1) is 12.0. The zero-order valence-electron chi connectivity index (χ0n) is 8.27. The fourth-order valence-corrected chi connectivity index (χ4v) is 1.27. The molecule has 1 nitrogen and oxygen atoms in total. The lowest BCUT2D eigenvalue weighted by molar-refractivity contribution is -0.0503. The Bertz CT molecular complexity index is 364. The minimum absolute atomic E-state index is 0.161. The van der Waals surface area contributed by atoms with Crippen LogP contribution < -0.4 is 4.74 Å². The van der Waals surface area contributed by atoms with Crippen LogP contribution >= 0.6 is 11.6 Å². The Kier molecular flexibility index (Phi) is 4.09. The third-order valence-corrected chi connectivity index (χ3v) is 2.30. The number of benzene rings is 1. The lowest BCUT2D eigenvalue weighted by Crippen LogP contribution is -2.03. The van der Waals surface area contributed by atoms with Crippen molar-refractivity contribution in [3.05, 3.63) is 35.9 Å². The van der Waals surface area contributed by atoms with Crippen LogP contribution in [0.5, 0.6) is 5.75 Å². The van der Waals surface area contributed by atoms with Gasteiger partial charge in [-0.3, -0.25) is 0 Å². The molecule has 0 amide bonds. The van der Waals surface area contributed by atoms with Crippen LogP contribution in [0.15, 0.2) is 24.8 Å². The SMILES string of the molecule is C=C(CCl)c1ccc(C)c(OC(F)F)c1. The lowest BCUT2D eigenvalue weighted by Gasteiger charge is -2.10. The number of allylic oxidation sites excluding steroid dienone is 1. The molecule has 0 aliphatic rings. The molecule has 0 N–H and O–H groups in total. The minimum atomic E-state index is -2.82. The van der Waals surface area contributed by atoms with Crippen molar-refractivity contribution in [2.75, 3.05) is 5.88 Å². The normalized spacial score (nSPS) is 10.5. The van der Waals surface area contributed by atoms with Crippen molar-refractivity contribution >= 4 is 17.2 Å². The molecule has 0 saturated carbocycles. The molecule has 1 aromatic rings. The molecule has 0 radical (unpaired) electrons. The van der Waals surface area contributed by atoms with E-state index in [2.05, 4.69) is 11.3 Å². The maximum Gasteiger partial charge on any atom is 0.387 e. The van der Waals surface area contributed by atoms with Gasteiger partial charge in [0.2, 0.25) is 0 Å². The van der Waals surface area contributed by atoms with E-state index in [1.54, 1.807) is 19.1 Å². The van der Waals surface area contributed by atoms with Crippen LogP contribution in [0.25, 0.3) is 5.57 Å². The first-order chi connectivity index (χ1) is 7.04. The zero-order valence-corrected chi connectivity index (χ0v) is 9.02. The highest BCUT2D eigenvalue weighted by Crippen LogP contribution is 2.25. The molecule has 0 aliphatic heterocycles. The van der Waals surface area contributed by atoms with Crippen molar-refractivity contribution in [2.45, 2.75) is 13.5 Å². The molecule has 1 rings (SSSR count). The third kappa shape index (κ3) is 3.20. The van der Waals surface area contributed by atoms with Crippen molar-refractivity contribution in [3.63, 3.8) is 0 Å². The van der Waals surface area contributed by atoms with Crippen LogP contribution in [-0.4, -0.2) is 12.5 Å². The van der Waals surface area contributed by atoms with E-state index >= 15 is 0 Å². The van der Waals surface area contributed by atoms with Gasteiger partial charge in [-0.1, -0.05) is 18.7 Å². The molecule has 1 aromatic carbocycles. The second-order valence-corrected chi connectivity index (χ2v) is 3.36. The van der Waals surface area contributed by atoms with Crippen LogP contribution in [-0.2, 0) is 0 Å². The third-order valence-electron chi connectivity index (χ3n) is 1.97. The molecule has 0 atom stereocenters. The van der Waals surface area contributed by atoms with E-state index in [0.717, 1.165) is 0 Å². The molecule has 0 heterocycles. The van der Waals surface area contributed by atoms with Crippen LogP contribution in [0.2, 0.25) is 0 Å². The Morgan fingerprint density at radius 2 is 2.20 bits per heavy atom. The molecule has 0 fully saturated rings. The van der Waals surface area contributed by atoms with Gasteiger partial charge in [0.1, 0.15) is 5.75 Å². The van der Waals surface area contributed by atoms with Gasteiger partial charge in [-0.05, 0) is 29.7 Å². The lowest BCUT2D eigenvalue weighted by atomic mass is 10.1. The number of aryl methyl sites for hydroxylation is 1. The standard InChI is InChI=1S/C11H11ClF2O/c1-7-3-4-9(8(2)6-12)5-10(7)15-11(13)14/h3-5,11H,2,6H2,1H3. The molecule has 0 bridgehead atoms. The summed E-state index contributed by atoms with van der Waals surface area (Å²) in [6, 6.07) is 5.00. The Hall–Kier alpha value is -1.09. The molecule has 0 aliphatic carbocycles. The maximum atomic E-state index is 12.0. The summed E-state index contributed by atoms with van der Waals surface area (Å²) in [5.74, 6) is 0.422. The Balaban J connectivity index is 2.99. The molecule has 4 heteroatoms. The number of rotatable bonds is 4. The van der Waals surface area contributed by atoms with Gasteiger partial charge in [0, 0.05) is 5.88 Å². The van der Waals surface area contributed by atoms with Gasteiger partial charge in [0.25, 0.3) is 0 Å². The molecule has 82 valence electrons. The van der Waals surface area contributed by atoms with E-state index in [4.69, 9.17) is 11.6 Å². The van der Waals surface area contributed by atoms with Gasteiger partial charge in [0.15, 0.2) is 0 Å². The number of halogens is 3. The van der Waals surface area contributed by atoms with Crippen molar-refractivity contribution < 1.29 is 13.5 Å². The summed E-state index contributed by atoms with van der Waals surface area (Å²) in [4.78, 5) is 0. The van der Waals surface area contributed by atoms with Gasteiger partial charge in [-0.25, -0.2) is 0 Å². The average Bonchev–Trinajstić information content (AvgIpc) is 2.19. The van der Waals surface area contributed by atoms with Crippen molar-refractivity contribution in [3.8, 4) is 5.75 Å². The number of alkyl halides is 3. The highest BCUT2D eigenvalue weighted by molar-refractivity contribution is 6.23. The molecule has 0 aromatic heterocycles. The minimum Gasteiger partial charge on any atom is -0.435 e. The second kappa shape index (κ2) is 5.12. The summed E-state index contributed by atoms with van der Waals surface area (Å²) >= 11 is 5.60. The van der Waals surface area contributed by atoms with Gasteiger partial charge >= 0.3 is 6.61 Å². The van der Waals surface area contributed by atoms with E-state index < -0.39 is 6.61 Å². The molecule has 0 saturated heterocycles. The van der Waals surface area contributed by atoms with Crippen molar-refractivity contribution in [1.29, 1.82) is 0 Å². The summed E-state index contributed by atoms with van der Waals surface area (Å²) in [5.41, 5.74) is 2.04. The summed E-state index contributed by atoms with van der Waals surface area (Å²) in [6.45, 7) is 2.60. The monoisotopic (exact) mass is 232 g/mol. The van der Waals surface area contributed by atoms with Crippen molar-refractivity contribution in [1.82, 2.24) is 0 Å². The van der Waals surface area contributed by atoms with E-state index in [1.165, 1.54) is 6.07 Å². The van der Waals surface area contributed by atoms with Crippen molar-refractivity contribution in [2.24, 2.45) is 0 Å². The van der Waals surface area contributed by atoms with Crippen LogP contribution in [0.4, 0.5) is 8.78 Å². The summed E-state index contributed by atoms with van der Waals surface area (Å²) < 4.78 is 28.5. The first-order valence-electron chi connectivity index (χ1n) is 4.34. The highest BCUT2D eigenvalue weighted by Gasteiger charge is 2.08. The quantitative estimate of drug-likeness (QED) is 0.717. The molecular formula is C11H11ClF2O. The Morgan fingerprint density at radius 1 is 1.53 bits per heavy atom. The Labute approximate surface area is 92.3 Å². The van der Waals surface area contributed by atoms with E-state index in [9.17, 15) is 8.78 Å². The summed E-state index contributed by atoms with van der Waals surface area (Å²) in [6.07, 6.45) is 0. The van der Waals surface area contributed by atoms with E-state index in [-0.39, 0.29) is 11.6 Å². The van der Waals surface area contributed by atoms with Gasteiger partial charge in [-0.2, -0.15) is 8.78 Å². The number of ether oxygens (including phenoxy) is 1. The predicted molar refractivity (Wildman–Crippen MR) is 57.6 cm³/mol. The van der Waals surface area contributed by atoms with Gasteiger partial charge in [-0.15, -0.1) is 11.6 Å². The molecule has 0 unspecified atom stereocenters. The highest BCUT2D eigenvalue weighted by atomic mass is 35.5. The summed E-state index contributed by atoms with van der Waals surface area (Å²) in [5, 5.41) is 0. The van der Waals surface area contributed by atoms with E-state index in [0.29, 0.717) is 16.7 Å². The van der Waals surface area contributed by atoms with E-state index in [1.807, 2.05) is 0 Å². The maximum absolute atomic E-state index is 12.0. The summed E-state index contributed by atoms with van der Waals surface area (Å²) in [7, 11) is 0. The Morgan fingerprint density at radius 3 is 2.73 bits per heavy atom. The first-order valence-corrected chi connectivity index (χ1v) is 4.87. The zero-order chi connectivity index (χ0) is 11.4.